The van der Waals surface area contributed by atoms with Gasteiger partial charge in [0.1, 0.15) is 24.0 Å². The van der Waals surface area contributed by atoms with Gasteiger partial charge in [-0.25, -0.2) is 9.97 Å². The average Bonchev–Trinajstić information content (AvgIpc) is 2.82. The molecule has 0 aliphatic heterocycles. The van der Waals surface area contributed by atoms with Gasteiger partial charge in [-0.2, -0.15) is 0 Å². The minimum atomic E-state index is -0.936. The largest absolute Gasteiger partial charge is 0.480 e. The fourth-order valence-electron chi connectivity index (χ4n) is 1.34. The fourth-order valence-corrected chi connectivity index (χ4v) is 1.34. The smallest absolute Gasteiger partial charge is 0.325 e. The van der Waals surface area contributed by atoms with Crippen molar-refractivity contribution >= 4 is 23.3 Å². The Labute approximate surface area is 103 Å². The highest BCUT2D eigenvalue weighted by molar-refractivity contribution is 5.76. The second-order valence-corrected chi connectivity index (χ2v) is 3.72. The van der Waals surface area contributed by atoms with Gasteiger partial charge in [-0.15, -0.1) is 0 Å². The summed E-state index contributed by atoms with van der Waals surface area (Å²) in [6, 6.07) is 2.79. The quantitative estimate of drug-likeness (QED) is 0.637. The van der Waals surface area contributed by atoms with E-state index in [4.69, 9.17) is 5.11 Å². The lowest BCUT2D eigenvalue weighted by atomic mass is 10.3. The van der Waals surface area contributed by atoms with Crippen LogP contribution in [-0.4, -0.2) is 32.1 Å². The Morgan fingerprint density at radius 1 is 1.44 bits per heavy atom. The molecule has 0 spiro atoms. The van der Waals surface area contributed by atoms with E-state index in [1.54, 1.807) is 25.4 Å². The molecule has 2 aromatic heterocycles. The number of carbonyl (C=O) groups is 1. The molecule has 94 valence electrons. The zero-order chi connectivity index (χ0) is 13.0. The maximum atomic E-state index is 10.7. The third-order valence-electron chi connectivity index (χ3n) is 2.27. The summed E-state index contributed by atoms with van der Waals surface area (Å²) in [6.45, 7) is 1.55. The summed E-state index contributed by atoms with van der Waals surface area (Å²) in [5, 5.41) is 14.6. The van der Waals surface area contributed by atoms with Crippen molar-refractivity contribution in [1.29, 1.82) is 0 Å². The van der Waals surface area contributed by atoms with Gasteiger partial charge in [0.2, 0.25) is 0 Å². The zero-order valence-corrected chi connectivity index (χ0v) is 9.71. The summed E-state index contributed by atoms with van der Waals surface area (Å²) >= 11 is 0. The Hall–Kier alpha value is -2.57. The van der Waals surface area contributed by atoms with Crippen LogP contribution in [0, 0.1) is 0 Å². The van der Waals surface area contributed by atoms with Gasteiger partial charge in [0.25, 0.3) is 0 Å². The lowest BCUT2D eigenvalue weighted by Gasteiger charge is -2.10. The van der Waals surface area contributed by atoms with Gasteiger partial charge in [0.05, 0.1) is 5.69 Å². The second kappa shape index (κ2) is 5.17. The first-order chi connectivity index (χ1) is 8.65. The molecule has 7 heteroatoms. The number of carboxylic acid groups (broad SMARTS) is 1. The summed E-state index contributed by atoms with van der Waals surface area (Å²) in [5.41, 5.74) is 0.867. The molecule has 1 unspecified atom stereocenters. The predicted octanol–water partition coefficient (Wildman–Crippen LogP) is 1.43. The Morgan fingerprint density at radius 2 is 2.22 bits per heavy atom. The minimum absolute atomic E-state index is 0.456. The van der Waals surface area contributed by atoms with Crippen molar-refractivity contribution in [2.75, 3.05) is 10.6 Å². The molecular formula is C11H13N5O2. The summed E-state index contributed by atoms with van der Waals surface area (Å²) in [7, 11) is 0. The number of hydrogen-bond donors (Lipinski definition) is 4. The number of rotatable bonds is 5. The summed E-state index contributed by atoms with van der Waals surface area (Å²) < 4.78 is 0. The van der Waals surface area contributed by atoms with E-state index < -0.39 is 12.0 Å². The van der Waals surface area contributed by atoms with Crippen LogP contribution in [0.4, 0.5) is 17.3 Å². The molecule has 2 aromatic rings. The molecule has 0 fully saturated rings. The molecular weight excluding hydrogens is 234 g/mol. The van der Waals surface area contributed by atoms with Crippen molar-refractivity contribution in [1.82, 2.24) is 15.0 Å². The van der Waals surface area contributed by atoms with Gasteiger partial charge in [-0.3, -0.25) is 4.79 Å². The van der Waals surface area contributed by atoms with Crippen LogP contribution in [0.15, 0.2) is 30.9 Å². The van der Waals surface area contributed by atoms with E-state index in [1.165, 1.54) is 6.33 Å². The van der Waals surface area contributed by atoms with Crippen molar-refractivity contribution < 1.29 is 9.90 Å². The number of nitrogens with zero attached hydrogens (tertiary/aromatic N) is 2. The van der Waals surface area contributed by atoms with E-state index in [9.17, 15) is 4.79 Å². The highest BCUT2D eigenvalue weighted by Gasteiger charge is 2.11. The van der Waals surface area contributed by atoms with Crippen LogP contribution < -0.4 is 10.6 Å². The number of aromatic amines is 1. The van der Waals surface area contributed by atoms with E-state index in [0.29, 0.717) is 11.6 Å². The van der Waals surface area contributed by atoms with Crippen LogP contribution in [0.25, 0.3) is 0 Å². The van der Waals surface area contributed by atoms with E-state index in [2.05, 4.69) is 25.6 Å². The molecule has 4 N–H and O–H groups in total. The van der Waals surface area contributed by atoms with Crippen molar-refractivity contribution in [3.05, 3.63) is 30.9 Å². The Kier molecular flexibility index (Phi) is 3.42. The molecule has 2 heterocycles. The Balaban J connectivity index is 2.07. The molecule has 1 atom stereocenters. The third-order valence-corrected chi connectivity index (χ3v) is 2.27. The topological polar surface area (TPSA) is 103 Å². The Bertz CT molecular complexity index is 526. The molecule has 18 heavy (non-hydrogen) atoms. The van der Waals surface area contributed by atoms with Crippen LogP contribution in [0.5, 0.6) is 0 Å². The summed E-state index contributed by atoms with van der Waals surface area (Å²) in [6.07, 6.45) is 4.94. The number of carboxylic acids is 1. The van der Waals surface area contributed by atoms with Crippen LogP contribution >= 0.6 is 0 Å². The number of hydrogen-bond acceptors (Lipinski definition) is 5. The van der Waals surface area contributed by atoms with Crippen molar-refractivity contribution in [3.63, 3.8) is 0 Å². The second-order valence-electron chi connectivity index (χ2n) is 3.72. The first-order valence-electron chi connectivity index (χ1n) is 5.36. The monoisotopic (exact) mass is 247 g/mol. The zero-order valence-electron chi connectivity index (χ0n) is 9.71. The first kappa shape index (κ1) is 11.9. The molecule has 0 amide bonds. The molecule has 0 saturated heterocycles. The SMILES string of the molecule is CC(Nc1cc(Nc2cc[nH]c2)ncn1)C(=O)O. The van der Waals surface area contributed by atoms with Gasteiger partial charge in [0, 0.05) is 18.5 Å². The van der Waals surface area contributed by atoms with Crippen LogP contribution in [0.2, 0.25) is 0 Å². The van der Waals surface area contributed by atoms with Crippen molar-refractivity contribution in [2.45, 2.75) is 13.0 Å². The molecule has 0 bridgehead atoms. The number of H-pyrrole nitrogens is 1. The number of aromatic nitrogens is 3. The number of aliphatic carboxylic acids is 1. The molecule has 0 saturated carbocycles. The third kappa shape index (κ3) is 2.97. The van der Waals surface area contributed by atoms with Crippen molar-refractivity contribution in [3.8, 4) is 0 Å². The van der Waals surface area contributed by atoms with Gasteiger partial charge in [-0.1, -0.05) is 0 Å². The Morgan fingerprint density at radius 3 is 2.89 bits per heavy atom. The first-order valence-corrected chi connectivity index (χ1v) is 5.36. The van der Waals surface area contributed by atoms with E-state index in [1.807, 2.05) is 6.07 Å². The lowest BCUT2D eigenvalue weighted by molar-refractivity contribution is -0.137. The standard InChI is InChI=1S/C11H13N5O2/c1-7(11(17)18)15-9-4-10(14-6-13-9)16-8-2-3-12-5-8/h2-7,12H,1H3,(H,17,18)(H2,13,14,15,16). The molecule has 7 nitrogen and oxygen atoms in total. The molecule has 0 aromatic carbocycles. The van der Waals surface area contributed by atoms with Crippen LogP contribution in [0.3, 0.4) is 0 Å². The van der Waals surface area contributed by atoms with Gasteiger partial charge >= 0.3 is 5.97 Å². The summed E-state index contributed by atoms with van der Waals surface area (Å²) in [4.78, 5) is 21.6. The molecule has 0 radical (unpaired) electrons. The van der Waals surface area contributed by atoms with Gasteiger partial charge < -0.3 is 20.7 Å². The van der Waals surface area contributed by atoms with E-state index in [0.717, 1.165) is 5.69 Å². The average molecular weight is 247 g/mol. The van der Waals surface area contributed by atoms with Crippen molar-refractivity contribution in [2.24, 2.45) is 0 Å². The fraction of sp³-hybridized carbons (Fsp3) is 0.182. The number of anilines is 3. The van der Waals surface area contributed by atoms with Crippen LogP contribution in [0.1, 0.15) is 6.92 Å². The molecule has 0 aliphatic carbocycles. The maximum absolute atomic E-state index is 10.7. The number of nitrogens with one attached hydrogen (secondary N) is 3. The molecule has 0 aliphatic rings. The normalized spacial score (nSPS) is 11.8. The van der Waals surface area contributed by atoms with Gasteiger partial charge in [-0.05, 0) is 13.0 Å². The predicted molar refractivity (Wildman–Crippen MR) is 66.8 cm³/mol. The minimum Gasteiger partial charge on any atom is -0.480 e. The van der Waals surface area contributed by atoms with Crippen LogP contribution in [-0.2, 0) is 4.79 Å². The van der Waals surface area contributed by atoms with E-state index >= 15 is 0 Å². The van der Waals surface area contributed by atoms with E-state index in [-0.39, 0.29) is 0 Å². The highest BCUT2D eigenvalue weighted by atomic mass is 16.4. The highest BCUT2D eigenvalue weighted by Crippen LogP contribution is 2.15. The maximum Gasteiger partial charge on any atom is 0.325 e. The summed E-state index contributed by atoms with van der Waals surface area (Å²) in [5.74, 6) is 0.108. The lowest BCUT2D eigenvalue weighted by Crippen LogP contribution is -2.25. The van der Waals surface area contributed by atoms with Gasteiger partial charge in [0.15, 0.2) is 0 Å². The molecule has 2 rings (SSSR count).